The van der Waals surface area contributed by atoms with Gasteiger partial charge in [0, 0.05) is 0 Å². The number of alkyl halides is 3. The number of amides is 2. The number of halogens is 3. The average molecular weight is 394 g/mol. The number of benzene rings is 1. The molecule has 1 aliphatic rings. The van der Waals surface area contributed by atoms with Crippen molar-refractivity contribution in [3.8, 4) is 5.88 Å². The first-order valence-electron chi connectivity index (χ1n) is 8.04. The lowest BCUT2D eigenvalue weighted by molar-refractivity contribution is -0.141. The highest BCUT2D eigenvalue weighted by Crippen LogP contribution is 2.31. The molecule has 0 N–H and O–H groups in total. The summed E-state index contributed by atoms with van der Waals surface area (Å²) in [5, 5.41) is 0.254. The maximum atomic E-state index is 12.9. The van der Waals surface area contributed by atoms with Crippen LogP contribution in [-0.2, 0) is 11.0 Å². The molecule has 1 aromatic carbocycles. The van der Waals surface area contributed by atoms with Gasteiger partial charge in [-0.2, -0.15) is 13.2 Å². The van der Waals surface area contributed by atoms with Gasteiger partial charge in [0.15, 0.2) is 0 Å². The standard InChI is InChI=1S/C18H13F3N2O5/c1-9(2)27-14-12(7-8-13(22-14)18(19,20)21)17(26)28-23-15(24)10-5-3-4-6-11(10)16(23)25/h3-9H,1-2H3. The second kappa shape index (κ2) is 6.95. The van der Waals surface area contributed by atoms with Gasteiger partial charge in [-0.05, 0) is 38.1 Å². The molecule has 10 heteroatoms. The minimum absolute atomic E-state index is 0.0458. The van der Waals surface area contributed by atoms with Crippen LogP contribution in [0.25, 0.3) is 0 Å². The molecule has 7 nitrogen and oxygen atoms in total. The zero-order valence-corrected chi connectivity index (χ0v) is 14.6. The first kappa shape index (κ1) is 19.3. The number of hydroxylamine groups is 2. The van der Waals surface area contributed by atoms with Gasteiger partial charge in [0.1, 0.15) is 11.3 Å². The van der Waals surface area contributed by atoms with Crippen LogP contribution in [0.15, 0.2) is 36.4 Å². The predicted octanol–water partition coefficient (Wildman–Crippen LogP) is 3.26. The van der Waals surface area contributed by atoms with E-state index in [2.05, 4.69) is 4.98 Å². The number of carbonyl (C=O) groups excluding carboxylic acids is 3. The number of carbonyl (C=O) groups is 3. The van der Waals surface area contributed by atoms with E-state index in [0.717, 1.165) is 6.07 Å². The van der Waals surface area contributed by atoms with Gasteiger partial charge in [-0.1, -0.05) is 17.2 Å². The molecule has 2 amide bonds. The molecule has 2 aromatic rings. The molecule has 0 radical (unpaired) electrons. The minimum Gasteiger partial charge on any atom is -0.474 e. The second-order valence-electron chi connectivity index (χ2n) is 6.04. The van der Waals surface area contributed by atoms with Crippen LogP contribution in [0.5, 0.6) is 5.88 Å². The van der Waals surface area contributed by atoms with E-state index in [0.29, 0.717) is 6.07 Å². The monoisotopic (exact) mass is 394 g/mol. The van der Waals surface area contributed by atoms with Gasteiger partial charge >= 0.3 is 12.1 Å². The smallest absolute Gasteiger partial charge is 0.433 e. The van der Waals surface area contributed by atoms with Crippen LogP contribution in [0.4, 0.5) is 13.2 Å². The van der Waals surface area contributed by atoms with Gasteiger partial charge in [-0.25, -0.2) is 9.78 Å². The summed E-state index contributed by atoms with van der Waals surface area (Å²) in [7, 11) is 0. The zero-order valence-electron chi connectivity index (χ0n) is 14.6. The summed E-state index contributed by atoms with van der Waals surface area (Å²) >= 11 is 0. The molecule has 0 unspecified atom stereocenters. The Morgan fingerprint density at radius 2 is 1.61 bits per heavy atom. The van der Waals surface area contributed by atoms with E-state index in [1.54, 1.807) is 0 Å². The van der Waals surface area contributed by atoms with Crippen molar-refractivity contribution in [2.45, 2.75) is 26.1 Å². The lowest BCUT2D eigenvalue weighted by atomic mass is 10.1. The van der Waals surface area contributed by atoms with Crippen LogP contribution < -0.4 is 4.74 Å². The molecule has 28 heavy (non-hydrogen) atoms. The summed E-state index contributed by atoms with van der Waals surface area (Å²) in [6.07, 6.45) is -5.35. The highest BCUT2D eigenvalue weighted by molar-refractivity contribution is 6.21. The van der Waals surface area contributed by atoms with Crippen molar-refractivity contribution in [3.63, 3.8) is 0 Å². The normalized spacial score (nSPS) is 13.7. The second-order valence-corrected chi connectivity index (χ2v) is 6.04. The van der Waals surface area contributed by atoms with Crippen LogP contribution in [-0.4, -0.2) is 33.9 Å². The molecule has 1 aromatic heterocycles. The van der Waals surface area contributed by atoms with Crippen LogP contribution in [0.1, 0.15) is 50.6 Å². The predicted molar refractivity (Wildman–Crippen MR) is 87.4 cm³/mol. The maximum absolute atomic E-state index is 12.9. The number of hydrogen-bond donors (Lipinski definition) is 0. The summed E-state index contributed by atoms with van der Waals surface area (Å²) in [5.74, 6) is -3.60. The molecular formula is C18H13F3N2O5. The first-order chi connectivity index (χ1) is 13.1. The molecule has 0 spiro atoms. The largest absolute Gasteiger partial charge is 0.474 e. The van der Waals surface area contributed by atoms with Gasteiger partial charge in [-0.3, -0.25) is 9.59 Å². The molecule has 0 saturated heterocycles. The fourth-order valence-corrected chi connectivity index (χ4v) is 2.45. The van der Waals surface area contributed by atoms with E-state index in [1.807, 2.05) is 0 Å². The molecule has 1 aliphatic heterocycles. The van der Waals surface area contributed by atoms with Crippen LogP contribution in [0.3, 0.4) is 0 Å². The lowest BCUT2D eigenvalue weighted by Gasteiger charge is -2.17. The lowest BCUT2D eigenvalue weighted by Crippen LogP contribution is -2.33. The zero-order chi connectivity index (χ0) is 20.6. The van der Waals surface area contributed by atoms with E-state index in [9.17, 15) is 27.6 Å². The number of ether oxygens (including phenoxy) is 1. The number of imide groups is 1. The highest BCUT2D eigenvalue weighted by atomic mass is 19.4. The third-order valence-corrected chi connectivity index (χ3v) is 3.65. The van der Waals surface area contributed by atoms with Gasteiger partial charge in [0.05, 0.1) is 17.2 Å². The van der Waals surface area contributed by atoms with Crippen molar-refractivity contribution in [2.75, 3.05) is 0 Å². The van der Waals surface area contributed by atoms with Crippen molar-refractivity contribution >= 4 is 17.8 Å². The van der Waals surface area contributed by atoms with Gasteiger partial charge < -0.3 is 9.57 Å². The number of aromatic nitrogens is 1. The fraction of sp³-hybridized carbons (Fsp3) is 0.222. The number of fused-ring (bicyclic) bond motifs is 1. The van der Waals surface area contributed by atoms with Crippen LogP contribution in [0.2, 0.25) is 0 Å². The summed E-state index contributed by atoms with van der Waals surface area (Å²) in [5.41, 5.74) is -1.63. The Labute approximate surface area is 156 Å². The van der Waals surface area contributed by atoms with E-state index >= 15 is 0 Å². The topological polar surface area (TPSA) is 85.8 Å². The fourth-order valence-electron chi connectivity index (χ4n) is 2.45. The number of hydrogen-bond acceptors (Lipinski definition) is 6. The Bertz CT molecular complexity index is 937. The molecule has 0 bridgehead atoms. The Kier molecular flexibility index (Phi) is 4.80. The summed E-state index contributed by atoms with van der Waals surface area (Å²) in [6.45, 7) is 3.06. The number of pyridine rings is 1. The average Bonchev–Trinajstić information content (AvgIpc) is 2.85. The van der Waals surface area contributed by atoms with E-state index in [-0.39, 0.29) is 16.2 Å². The van der Waals surface area contributed by atoms with Gasteiger partial charge in [0.25, 0.3) is 11.8 Å². The molecule has 3 rings (SSSR count). The Balaban J connectivity index is 1.91. The summed E-state index contributed by atoms with van der Waals surface area (Å²) in [6, 6.07) is 7.22. The molecule has 0 saturated carbocycles. The van der Waals surface area contributed by atoms with Crippen molar-refractivity contribution in [1.82, 2.24) is 10.0 Å². The van der Waals surface area contributed by atoms with Crippen molar-refractivity contribution < 1.29 is 37.1 Å². The quantitative estimate of drug-likeness (QED) is 0.740. The van der Waals surface area contributed by atoms with Crippen molar-refractivity contribution in [2.24, 2.45) is 0 Å². The SMILES string of the molecule is CC(C)Oc1nc(C(F)(F)F)ccc1C(=O)ON1C(=O)c2ccccc2C1=O. The third-order valence-electron chi connectivity index (χ3n) is 3.65. The highest BCUT2D eigenvalue weighted by Gasteiger charge is 2.40. The van der Waals surface area contributed by atoms with Crippen LogP contribution >= 0.6 is 0 Å². The Hall–Kier alpha value is -3.43. The molecule has 146 valence electrons. The van der Waals surface area contributed by atoms with Crippen LogP contribution in [0, 0.1) is 0 Å². The molecule has 0 fully saturated rings. The Morgan fingerprint density at radius 3 is 2.11 bits per heavy atom. The van der Waals surface area contributed by atoms with Gasteiger partial charge in [0.2, 0.25) is 5.88 Å². The molecule has 0 aliphatic carbocycles. The molecule has 0 atom stereocenters. The minimum atomic E-state index is -4.75. The van der Waals surface area contributed by atoms with E-state index < -0.39 is 47.2 Å². The molecular weight excluding hydrogens is 381 g/mol. The van der Waals surface area contributed by atoms with E-state index in [1.165, 1.54) is 38.1 Å². The van der Waals surface area contributed by atoms with E-state index in [4.69, 9.17) is 9.57 Å². The Morgan fingerprint density at radius 1 is 1.04 bits per heavy atom. The summed E-state index contributed by atoms with van der Waals surface area (Å²) in [4.78, 5) is 45.1. The number of nitrogens with zero attached hydrogens (tertiary/aromatic N) is 2. The molecule has 2 heterocycles. The maximum Gasteiger partial charge on any atom is 0.433 e. The van der Waals surface area contributed by atoms with Gasteiger partial charge in [-0.15, -0.1) is 0 Å². The van der Waals surface area contributed by atoms with Crippen molar-refractivity contribution in [3.05, 3.63) is 58.8 Å². The van der Waals surface area contributed by atoms with Crippen molar-refractivity contribution in [1.29, 1.82) is 0 Å². The third kappa shape index (κ3) is 3.53. The first-order valence-corrected chi connectivity index (χ1v) is 8.04. The number of rotatable bonds is 4. The summed E-state index contributed by atoms with van der Waals surface area (Å²) < 4.78 is 43.8.